The number of carbonyl (C=O) groups is 1. The summed E-state index contributed by atoms with van der Waals surface area (Å²) in [6.45, 7) is 0.880. The van der Waals surface area contributed by atoms with E-state index in [1.165, 1.54) is 6.92 Å². The standard InChI is InChI=1S/C14H15F3O3/c1-2-20-13(18)8-12(14(15,16)17)10-19-9-11-6-4-3-5-7-11/h3-8H,2,9-10H2,1H3/b12-8-. The first kappa shape index (κ1) is 16.2. The molecule has 20 heavy (non-hydrogen) atoms. The molecular formula is C14H15F3O3. The van der Waals surface area contributed by atoms with Gasteiger partial charge in [-0.25, -0.2) is 4.79 Å². The minimum Gasteiger partial charge on any atom is -0.463 e. The third kappa shape index (κ3) is 5.88. The molecule has 0 fully saturated rings. The fourth-order valence-electron chi connectivity index (χ4n) is 1.38. The van der Waals surface area contributed by atoms with Gasteiger partial charge in [0.25, 0.3) is 0 Å². The molecule has 0 atom stereocenters. The van der Waals surface area contributed by atoms with Crippen LogP contribution in [0, 0.1) is 0 Å². The number of benzene rings is 1. The Morgan fingerprint density at radius 3 is 2.45 bits per heavy atom. The Morgan fingerprint density at radius 2 is 1.90 bits per heavy atom. The zero-order valence-corrected chi connectivity index (χ0v) is 10.9. The minimum absolute atomic E-state index is 0.0192. The molecule has 1 aromatic rings. The summed E-state index contributed by atoms with van der Waals surface area (Å²) in [6, 6.07) is 8.80. The van der Waals surface area contributed by atoms with Gasteiger partial charge in [0.15, 0.2) is 0 Å². The fourth-order valence-corrected chi connectivity index (χ4v) is 1.38. The Balaban J connectivity index is 2.60. The first-order chi connectivity index (χ1) is 9.43. The molecule has 0 saturated heterocycles. The van der Waals surface area contributed by atoms with Gasteiger partial charge >= 0.3 is 12.1 Å². The maximum absolute atomic E-state index is 12.7. The van der Waals surface area contributed by atoms with E-state index in [-0.39, 0.29) is 13.2 Å². The summed E-state index contributed by atoms with van der Waals surface area (Å²) in [6.07, 6.45) is -4.20. The molecule has 0 spiro atoms. The van der Waals surface area contributed by atoms with E-state index in [0.29, 0.717) is 6.08 Å². The topological polar surface area (TPSA) is 35.5 Å². The molecule has 0 aromatic heterocycles. The quantitative estimate of drug-likeness (QED) is 0.595. The summed E-state index contributed by atoms with van der Waals surface area (Å²) in [7, 11) is 0. The molecule has 110 valence electrons. The molecule has 0 saturated carbocycles. The fraction of sp³-hybridized carbons (Fsp3) is 0.357. The van der Waals surface area contributed by atoms with Gasteiger partial charge in [-0.05, 0) is 12.5 Å². The molecule has 0 bridgehead atoms. The third-order valence-corrected chi connectivity index (χ3v) is 2.31. The van der Waals surface area contributed by atoms with Crippen molar-refractivity contribution in [1.82, 2.24) is 0 Å². The number of ether oxygens (including phenoxy) is 2. The summed E-state index contributed by atoms with van der Waals surface area (Å²) >= 11 is 0. The Morgan fingerprint density at radius 1 is 1.25 bits per heavy atom. The highest BCUT2D eigenvalue weighted by Gasteiger charge is 2.34. The van der Waals surface area contributed by atoms with Crippen molar-refractivity contribution in [3.63, 3.8) is 0 Å². The number of alkyl halides is 3. The highest BCUT2D eigenvalue weighted by Crippen LogP contribution is 2.26. The molecule has 0 amide bonds. The molecule has 0 aliphatic carbocycles. The van der Waals surface area contributed by atoms with Crippen LogP contribution in [0.3, 0.4) is 0 Å². The van der Waals surface area contributed by atoms with Crippen molar-refractivity contribution in [2.24, 2.45) is 0 Å². The van der Waals surface area contributed by atoms with E-state index in [4.69, 9.17) is 4.74 Å². The van der Waals surface area contributed by atoms with E-state index in [1.807, 2.05) is 0 Å². The van der Waals surface area contributed by atoms with Crippen LogP contribution in [0.25, 0.3) is 0 Å². The summed E-state index contributed by atoms with van der Waals surface area (Å²) in [5.41, 5.74) is -0.308. The van der Waals surface area contributed by atoms with Gasteiger partial charge in [-0.2, -0.15) is 13.2 Å². The van der Waals surface area contributed by atoms with E-state index in [1.54, 1.807) is 30.3 Å². The molecular weight excluding hydrogens is 273 g/mol. The van der Waals surface area contributed by atoms with Crippen LogP contribution in [-0.4, -0.2) is 25.4 Å². The Kier molecular flexibility index (Phi) is 6.24. The van der Waals surface area contributed by atoms with Gasteiger partial charge in [0, 0.05) is 6.08 Å². The van der Waals surface area contributed by atoms with Gasteiger partial charge in [0.2, 0.25) is 0 Å². The molecule has 0 N–H and O–H groups in total. The Bertz CT molecular complexity index is 452. The van der Waals surface area contributed by atoms with E-state index >= 15 is 0 Å². The maximum Gasteiger partial charge on any atom is 0.415 e. The van der Waals surface area contributed by atoms with E-state index in [0.717, 1.165) is 5.56 Å². The molecule has 0 radical (unpaired) electrons. The normalized spacial score (nSPS) is 12.3. The van der Waals surface area contributed by atoms with Gasteiger partial charge in [0.1, 0.15) is 0 Å². The molecule has 0 aliphatic heterocycles. The zero-order valence-electron chi connectivity index (χ0n) is 10.9. The van der Waals surface area contributed by atoms with Crippen LogP contribution in [0.4, 0.5) is 13.2 Å². The van der Waals surface area contributed by atoms with Crippen molar-refractivity contribution >= 4 is 5.97 Å². The largest absolute Gasteiger partial charge is 0.463 e. The average molecular weight is 288 g/mol. The van der Waals surface area contributed by atoms with Crippen LogP contribution in [0.1, 0.15) is 12.5 Å². The highest BCUT2D eigenvalue weighted by molar-refractivity contribution is 5.83. The second kappa shape index (κ2) is 7.69. The lowest BCUT2D eigenvalue weighted by Gasteiger charge is -2.12. The van der Waals surface area contributed by atoms with Gasteiger partial charge < -0.3 is 9.47 Å². The molecule has 1 rings (SSSR count). The number of esters is 1. The van der Waals surface area contributed by atoms with Crippen LogP contribution in [0.2, 0.25) is 0 Å². The predicted octanol–water partition coefficient (Wildman–Crippen LogP) is 3.26. The van der Waals surface area contributed by atoms with Crippen LogP contribution < -0.4 is 0 Å². The first-order valence-electron chi connectivity index (χ1n) is 5.99. The van der Waals surface area contributed by atoms with E-state index < -0.39 is 24.3 Å². The third-order valence-electron chi connectivity index (χ3n) is 2.31. The second-order valence-corrected chi connectivity index (χ2v) is 3.90. The summed E-state index contributed by atoms with van der Waals surface area (Å²) in [4.78, 5) is 11.1. The summed E-state index contributed by atoms with van der Waals surface area (Å²) in [5.74, 6) is -1.02. The highest BCUT2D eigenvalue weighted by atomic mass is 19.4. The van der Waals surface area contributed by atoms with Crippen LogP contribution in [-0.2, 0) is 20.9 Å². The number of hydrogen-bond donors (Lipinski definition) is 0. The molecule has 1 aromatic carbocycles. The average Bonchev–Trinajstić information content (AvgIpc) is 2.38. The lowest BCUT2D eigenvalue weighted by molar-refractivity contribution is -0.138. The first-order valence-corrected chi connectivity index (χ1v) is 5.99. The number of halogens is 3. The predicted molar refractivity (Wildman–Crippen MR) is 66.9 cm³/mol. The summed E-state index contributed by atoms with van der Waals surface area (Å²) < 4.78 is 47.5. The SMILES string of the molecule is CCOC(=O)/C=C(/COCc1ccccc1)C(F)(F)F. The smallest absolute Gasteiger partial charge is 0.415 e. The lowest BCUT2D eigenvalue weighted by atomic mass is 10.2. The lowest BCUT2D eigenvalue weighted by Crippen LogP contribution is -2.19. The zero-order chi connectivity index (χ0) is 15.0. The molecule has 0 unspecified atom stereocenters. The van der Waals surface area contributed by atoms with Crippen molar-refractivity contribution in [2.75, 3.05) is 13.2 Å². The summed E-state index contributed by atoms with van der Waals surface area (Å²) in [5, 5.41) is 0. The number of rotatable bonds is 6. The Labute approximate surface area is 115 Å². The number of hydrogen-bond acceptors (Lipinski definition) is 3. The van der Waals surface area contributed by atoms with Crippen molar-refractivity contribution in [3.05, 3.63) is 47.5 Å². The van der Waals surface area contributed by atoms with Gasteiger partial charge in [-0.3, -0.25) is 0 Å². The monoisotopic (exact) mass is 288 g/mol. The van der Waals surface area contributed by atoms with Crippen molar-refractivity contribution in [1.29, 1.82) is 0 Å². The molecule has 6 heteroatoms. The number of carbonyl (C=O) groups excluding carboxylic acids is 1. The molecule has 3 nitrogen and oxygen atoms in total. The van der Waals surface area contributed by atoms with E-state index in [2.05, 4.69) is 4.74 Å². The van der Waals surface area contributed by atoms with Gasteiger partial charge in [0.05, 0.1) is 25.4 Å². The second-order valence-electron chi connectivity index (χ2n) is 3.90. The van der Waals surface area contributed by atoms with Crippen molar-refractivity contribution in [2.45, 2.75) is 19.7 Å². The maximum atomic E-state index is 12.7. The minimum atomic E-state index is -4.62. The van der Waals surface area contributed by atoms with Crippen LogP contribution >= 0.6 is 0 Å². The van der Waals surface area contributed by atoms with Crippen molar-refractivity contribution < 1.29 is 27.4 Å². The van der Waals surface area contributed by atoms with Crippen LogP contribution in [0.15, 0.2) is 42.0 Å². The molecule has 0 heterocycles. The van der Waals surface area contributed by atoms with Gasteiger partial charge in [-0.15, -0.1) is 0 Å². The molecule has 0 aliphatic rings. The van der Waals surface area contributed by atoms with Crippen LogP contribution in [0.5, 0.6) is 0 Å². The van der Waals surface area contributed by atoms with E-state index in [9.17, 15) is 18.0 Å². The van der Waals surface area contributed by atoms with Crippen molar-refractivity contribution in [3.8, 4) is 0 Å². The Hall–Kier alpha value is -1.82. The van der Waals surface area contributed by atoms with Gasteiger partial charge in [-0.1, -0.05) is 30.3 Å².